The third kappa shape index (κ3) is 3.38. The molecule has 0 amide bonds. The number of benzene rings is 1. The van der Waals surface area contributed by atoms with Gasteiger partial charge in [-0.2, -0.15) is 0 Å². The van der Waals surface area contributed by atoms with Gasteiger partial charge in [-0.15, -0.1) is 0 Å². The zero-order valence-corrected chi connectivity index (χ0v) is 17.5. The molecule has 0 spiro atoms. The van der Waals surface area contributed by atoms with Crippen molar-refractivity contribution in [3.63, 3.8) is 0 Å². The van der Waals surface area contributed by atoms with Gasteiger partial charge >= 0.3 is 0 Å². The van der Waals surface area contributed by atoms with Crippen LogP contribution in [0.2, 0.25) is 5.02 Å². The van der Waals surface area contributed by atoms with Crippen molar-refractivity contribution in [1.82, 2.24) is 5.32 Å². The molecule has 1 heterocycles. The number of ketones is 2. The smallest absolute Gasteiger partial charge is 0.138 e. The second-order valence-electron chi connectivity index (χ2n) is 10.5. The van der Waals surface area contributed by atoms with Crippen LogP contribution in [0.3, 0.4) is 0 Å². The highest BCUT2D eigenvalue weighted by atomic mass is 35.5. The Bertz CT molecular complexity index is 742. The number of fused-ring (bicyclic) bond motifs is 2. The lowest BCUT2D eigenvalue weighted by molar-refractivity contribution is -0.140. The van der Waals surface area contributed by atoms with E-state index in [-0.39, 0.29) is 52.2 Å². The molecule has 1 aliphatic heterocycles. The Morgan fingerprint density at radius 2 is 1.33 bits per heavy atom. The van der Waals surface area contributed by atoms with Gasteiger partial charge < -0.3 is 5.32 Å². The Hall–Kier alpha value is -1.19. The average molecular weight is 388 g/mol. The number of nitrogens with one attached hydrogen (secondary N) is 1. The normalized spacial score (nSPS) is 37.4. The fourth-order valence-corrected chi connectivity index (χ4v) is 6.34. The zero-order chi connectivity index (χ0) is 19.6. The van der Waals surface area contributed by atoms with Crippen molar-refractivity contribution in [2.24, 2.45) is 22.7 Å². The molecule has 1 aromatic carbocycles. The van der Waals surface area contributed by atoms with E-state index >= 15 is 0 Å². The van der Waals surface area contributed by atoms with E-state index < -0.39 is 0 Å². The predicted octanol–water partition coefficient (Wildman–Crippen LogP) is 4.77. The van der Waals surface area contributed by atoms with E-state index in [0.717, 1.165) is 18.4 Å². The van der Waals surface area contributed by atoms with Crippen LogP contribution in [0.1, 0.15) is 64.9 Å². The number of carbonyl (C=O) groups is 2. The first-order chi connectivity index (χ1) is 12.6. The van der Waals surface area contributed by atoms with Gasteiger partial charge in [-0.1, -0.05) is 57.5 Å². The monoisotopic (exact) mass is 387 g/mol. The zero-order valence-electron chi connectivity index (χ0n) is 16.7. The summed E-state index contributed by atoms with van der Waals surface area (Å²) in [6.07, 6.45) is 3.08. The average Bonchev–Trinajstić information content (AvgIpc) is 2.51. The number of hydrogen-bond acceptors (Lipinski definition) is 3. The number of halogens is 1. The van der Waals surface area contributed by atoms with E-state index in [4.69, 9.17) is 11.6 Å². The maximum absolute atomic E-state index is 13.3. The molecule has 146 valence electrons. The summed E-state index contributed by atoms with van der Waals surface area (Å²) in [6, 6.07) is 8.03. The Morgan fingerprint density at radius 3 is 1.81 bits per heavy atom. The second-order valence-corrected chi connectivity index (χ2v) is 10.9. The summed E-state index contributed by atoms with van der Waals surface area (Å²) in [4.78, 5) is 26.5. The Morgan fingerprint density at radius 1 is 0.852 bits per heavy atom. The quantitative estimate of drug-likeness (QED) is 0.754. The van der Waals surface area contributed by atoms with Crippen molar-refractivity contribution < 1.29 is 9.59 Å². The van der Waals surface area contributed by atoms with Gasteiger partial charge in [-0.3, -0.25) is 9.59 Å². The van der Waals surface area contributed by atoms with Crippen LogP contribution in [0, 0.1) is 22.7 Å². The van der Waals surface area contributed by atoms with Gasteiger partial charge in [0.2, 0.25) is 0 Å². The molecule has 3 fully saturated rings. The van der Waals surface area contributed by atoms with Crippen LogP contribution in [0.15, 0.2) is 24.3 Å². The topological polar surface area (TPSA) is 46.2 Å². The summed E-state index contributed by atoms with van der Waals surface area (Å²) in [6.45, 7) is 8.70. The number of piperidine rings is 1. The van der Waals surface area contributed by atoms with E-state index in [9.17, 15) is 9.59 Å². The summed E-state index contributed by atoms with van der Waals surface area (Å²) < 4.78 is 0. The minimum atomic E-state index is -0.163. The van der Waals surface area contributed by atoms with Crippen LogP contribution in [0.5, 0.6) is 0 Å². The molecule has 1 saturated heterocycles. The molecule has 2 aliphatic carbocycles. The third-order valence-electron chi connectivity index (χ3n) is 6.93. The summed E-state index contributed by atoms with van der Waals surface area (Å²) >= 11 is 6.58. The largest absolute Gasteiger partial charge is 0.310 e. The maximum atomic E-state index is 13.3. The lowest BCUT2D eigenvalue weighted by Gasteiger charge is -2.55. The lowest BCUT2D eigenvalue weighted by atomic mass is 9.54. The predicted molar refractivity (Wildman–Crippen MR) is 108 cm³/mol. The molecule has 27 heavy (non-hydrogen) atoms. The molecule has 3 aliphatic rings. The van der Waals surface area contributed by atoms with Crippen LogP contribution >= 0.6 is 11.6 Å². The minimum Gasteiger partial charge on any atom is -0.310 e. The summed E-state index contributed by atoms with van der Waals surface area (Å²) in [5, 5.41) is 4.44. The molecule has 4 atom stereocenters. The number of hydrogen-bond donors (Lipinski definition) is 1. The molecule has 0 bridgehead atoms. The van der Waals surface area contributed by atoms with Gasteiger partial charge in [0, 0.05) is 47.7 Å². The Balaban J connectivity index is 1.82. The van der Waals surface area contributed by atoms with Crippen molar-refractivity contribution >= 4 is 23.2 Å². The van der Waals surface area contributed by atoms with Gasteiger partial charge in [-0.25, -0.2) is 0 Å². The molecular weight excluding hydrogens is 358 g/mol. The maximum Gasteiger partial charge on any atom is 0.138 e. The van der Waals surface area contributed by atoms with Crippen molar-refractivity contribution in [3.8, 4) is 0 Å². The van der Waals surface area contributed by atoms with Gasteiger partial charge in [0.25, 0.3) is 0 Å². The molecule has 4 rings (SSSR count). The molecule has 3 nitrogen and oxygen atoms in total. The molecular formula is C23H30ClNO2. The summed E-state index contributed by atoms with van der Waals surface area (Å²) in [5.74, 6) is 0.130. The first kappa shape index (κ1) is 19.1. The van der Waals surface area contributed by atoms with Crippen LogP contribution in [-0.2, 0) is 9.59 Å². The van der Waals surface area contributed by atoms with Gasteiger partial charge in [0.15, 0.2) is 0 Å². The van der Waals surface area contributed by atoms with Crippen molar-refractivity contribution in [3.05, 3.63) is 34.9 Å². The highest BCUT2D eigenvalue weighted by molar-refractivity contribution is 6.31. The van der Waals surface area contributed by atoms with Crippen LogP contribution < -0.4 is 5.32 Å². The molecule has 4 heteroatoms. The van der Waals surface area contributed by atoms with Gasteiger partial charge in [0.05, 0.1) is 0 Å². The molecule has 0 aromatic heterocycles. The number of carbonyl (C=O) groups excluding carboxylic acids is 2. The number of rotatable bonds is 1. The highest BCUT2D eigenvalue weighted by Gasteiger charge is 2.56. The van der Waals surface area contributed by atoms with Crippen LogP contribution in [-0.4, -0.2) is 23.7 Å². The lowest BCUT2D eigenvalue weighted by Crippen LogP contribution is -2.65. The van der Waals surface area contributed by atoms with E-state index in [1.54, 1.807) is 0 Å². The SMILES string of the molecule is CC1(C)CC(=O)C2C(C1)NC1CC(C)(C)CC(=O)C1C2c1ccccc1Cl. The highest BCUT2D eigenvalue weighted by Crippen LogP contribution is 2.53. The molecule has 2 saturated carbocycles. The van der Waals surface area contributed by atoms with Crippen LogP contribution in [0.4, 0.5) is 0 Å². The Kier molecular flexibility index (Phi) is 4.55. The van der Waals surface area contributed by atoms with Gasteiger partial charge in [-0.05, 0) is 35.3 Å². The molecule has 1 N–H and O–H groups in total. The van der Waals surface area contributed by atoms with E-state index in [1.807, 2.05) is 24.3 Å². The van der Waals surface area contributed by atoms with Crippen LogP contribution in [0.25, 0.3) is 0 Å². The molecule has 0 radical (unpaired) electrons. The first-order valence-electron chi connectivity index (χ1n) is 10.1. The fourth-order valence-electron chi connectivity index (χ4n) is 6.07. The second kappa shape index (κ2) is 6.42. The first-order valence-corrected chi connectivity index (χ1v) is 10.5. The summed E-state index contributed by atoms with van der Waals surface area (Å²) in [7, 11) is 0. The van der Waals surface area contributed by atoms with Crippen molar-refractivity contribution in [1.29, 1.82) is 0 Å². The van der Waals surface area contributed by atoms with E-state index in [2.05, 4.69) is 33.0 Å². The fraction of sp³-hybridized carbons (Fsp3) is 0.652. The Labute approximate surface area is 167 Å². The minimum absolute atomic E-state index is 0.00267. The summed E-state index contributed by atoms with van der Waals surface area (Å²) in [5.41, 5.74) is 0.973. The number of Topliss-reactive ketones (excluding diaryl/α,β-unsaturated/α-hetero) is 2. The van der Waals surface area contributed by atoms with Crippen molar-refractivity contribution in [2.45, 2.75) is 71.4 Å². The molecule has 1 aromatic rings. The molecule has 4 unspecified atom stereocenters. The van der Waals surface area contributed by atoms with Crippen molar-refractivity contribution in [2.75, 3.05) is 0 Å². The van der Waals surface area contributed by atoms with E-state index in [1.165, 1.54) is 0 Å². The van der Waals surface area contributed by atoms with E-state index in [0.29, 0.717) is 17.9 Å². The standard InChI is InChI=1S/C23H30ClNO2/c1-22(2)9-15-20(17(26)11-22)19(13-7-5-6-8-14(13)24)21-16(25-15)10-23(3,4)12-18(21)27/h5-8,15-16,19-21,25H,9-12H2,1-4H3. The van der Waals surface area contributed by atoms with Gasteiger partial charge in [0.1, 0.15) is 11.6 Å². The third-order valence-corrected chi connectivity index (χ3v) is 7.27.